The average Bonchev–Trinajstić information content (AvgIpc) is 2.87. The quantitative estimate of drug-likeness (QED) is 0.746. The van der Waals surface area contributed by atoms with Crippen molar-refractivity contribution in [1.29, 1.82) is 0 Å². The molecule has 76 valence electrons. The van der Waals surface area contributed by atoms with Gasteiger partial charge in [-0.25, -0.2) is 9.97 Å². The standard InChI is InChI=1S/C10H12Cl2N2/c1-2-7-9(11)13-8(14-10(7)12)5-6-3-4-6/h6H,2-5H2,1H3. The fourth-order valence-electron chi connectivity index (χ4n) is 1.43. The van der Waals surface area contributed by atoms with Gasteiger partial charge < -0.3 is 0 Å². The number of hydrogen-bond donors (Lipinski definition) is 0. The lowest BCUT2D eigenvalue weighted by Crippen LogP contribution is -2.01. The summed E-state index contributed by atoms with van der Waals surface area (Å²) in [5, 5.41) is 1.03. The highest BCUT2D eigenvalue weighted by Crippen LogP contribution is 2.32. The van der Waals surface area contributed by atoms with Crippen molar-refractivity contribution in [2.45, 2.75) is 32.6 Å². The van der Waals surface area contributed by atoms with Crippen molar-refractivity contribution in [3.8, 4) is 0 Å². The van der Waals surface area contributed by atoms with Crippen molar-refractivity contribution in [2.24, 2.45) is 5.92 Å². The Kier molecular flexibility index (Phi) is 2.93. The Balaban J connectivity index is 2.25. The van der Waals surface area contributed by atoms with E-state index in [4.69, 9.17) is 23.2 Å². The Morgan fingerprint density at radius 1 is 1.21 bits per heavy atom. The third-order valence-corrected chi connectivity index (χ3v) is 3.10. The third-order valence-electron chi connectivity index (χ3n) is 2.47. The summed E-state index contributed by atoms with van der Waals surface area (Å²) >= 11 is 12.0. The first-order valence-corrected chi connectivity index (χ1v) is 5.67. The minimum absolute atomic E-state index is 0.517. The van der Waals surface area contributed by atoms with Crippen molar-refractivity contribution >= 4 is 23.2 Å². The highest BCUT2D eigenvalue weighted by atomic mass is 35.5. The Morgan fingerprint density at radius 3 is 2.21 bits per heavy atom. The van der Waals surface area contributed by atoms with Crippen LogP contribution < -0.4 is 0 Å². The lowest BCUT2D eigenvalue weighted by molar-refractivity contribution is 0.765. The fraction of sp³-hybridized carbons (Fsp3) is 0.600. The fourth-order valence-corrected chi connectivity index (χ4v) is 2.12. The molecule has 0 spiro atoms. The zero-order valence-electron chi connectivity index (χ0n) is 8.06. The Bertz CT molecular complexity index is 325. The van der Waals surface area contributed by atoms with Gasteiger partial charge in [-0.1, -0.05) is 30.1 Å². The molecule has 0 radical (unpaired) electrons. The van der Waals surface area contributed by atoms with Crippen LogP contribution in [0, 0.1) is 5.92 Å². The van der Waals surface area contributed by atoms with Gasteiger partial charge in [0.25, 0.3) is 0 Å². The number of rotatable bonds is 3. The zero-order chi connectivity index (χ0) is 10.1. The zero-order valence-corrected chi connectivity index (χ0v) is 9.57. The summed E-state index contributed by atoms with van der Waals surface area (Å²) in [7, 11) is 0. The third kappa shape index (κ3) is 2.18. The molecule has 1 aliphatic rings. The number of nitrogens with zero attached hydrogens (tertiary/aromatic N) is 2. The lowest BCUT2D eigenvalue weighted by Gasteiger charge is -2.05. The predicted molar refractivity (Wildman–Crippen MR) is 57.9 cm³/mol. The smallest absolute Gasteiger partial charge is 0.137 e. The van der Waals surface area contributed by atoms with Crippen LogP contribution in [-0.2, 0) is 12.8 Å². The van der Waals surface area contributed by atoms with E-state index >= 15 is 0 Å². The van der Waals surface area contributed by atoms with Crippen LogP contribution in [0.1, 0.15) is 31.2 Å². The van der Waals surface area contributed by atoms with Crippen molar-refractivity contribution in [3.63, 3.8) is 0 Å². The summed E-state index contributed by atoms with van der Waals surface area (Å²) in [6, 6.07) is 0. The summed E-state index contributed by atoms with van der Waals surface area (Å²) < 4.78 is 0. The monoisotopic (exact) mass is 230 g/mol. The van der Waals surface area contributed by atoms with Crippen LogP contribution in [0.2, 0.25) is 10.3 Å². The molecule has 0 aliphatic heterocycles. The van der Waals surface area contributed by atoms with Crippen LogP contribution in [-0.4, -0.2) is 9.97 Å². The van der Waals surface area contributed by atoms with E-state index in [0.717, 1.165) is 30.1 Å². The summed E-state index contributed by atoms with van der Waals surface area (Å²) in [6.07, 6.45) is 4.27. The van der Waals surface area contributed by atoms with Gasteiger partial charge in [-0.2, -0.15) is 0 Å². The maximum Gasteiger partial charge on any atom is 0.137 e. The first-order valence-electron chi connectivity index (χ1n) is 4.91. The van der Waals surface area contributed by atoms with Gasteiger partial charge in [0.2, 0.25) is 0 Å². The largest absolute Gasteiger partial charge is 0.221 e. The Labute approximate surface area is 93.7 Å². The van der Waals surface area contributed by atoms with Crippen LogP contribution in [0.25, 0.3) is 0 Å². The van der Waals surface area contributed by atoms with Crippen LogP contribution in [0.5, 0.6) is 0 Å². The van der Waals surface area contributed by atoms with Crippen LogP contribution in [0.15, 0.2) is 0 Å². The van der Waals surface area contributed by atoms with Crippen molar-refractivity contribution < 1.29 is 0 Å². The van der Waals surface area contributed by atoms with E-state index in [9.17, 15) is 0 Å². The molecule has 0 saturated heterocycles. The van der Waals surface area contributed by atoms with Crippen molar-refractivity contribution in [1.82, 2.24) is 9.97 Å². The van der Waals surface area contributed by atoms with E-state index in [-0.39, 0.29) is 0 Å². The minimum atomic E-state index is 0.517. The van der Waals surface area contributed by atoms with Gasteiger partial charge in [0.15, 0.2) is 0 Å². The Morgan fingerprint density at radius 2 is 1.79 bits per heavy atom. The molecule has 14 heavy (non-hydrogen) atoms. The van der Waals surface area contributed by atoms with Gasteiger partial charge in [-0.15, -0.1) is 0 Å². The summed E-state index contributed by atoms with van der Waals surface area (Å²) in [6.45, 7) is 2.00. The molecule has 0 amide bonds. The second-order valence-corrected chi connectivity index (χ2v) is 4.42. The van der Waals surface area contributed by atoms with Gasteiger partial charge >= 0.3 is 0 Å². The molecule has 0 atom stereocenters. The molecule has 1 fully saturated rings. The molecule has 0 aromatic carbocycles. The maximum atomic E-state index is 6.00. The van der Waals surface area contributed by atoms with E-state index < -0.39 is 0 Å². The van der Waals surface area contributed by atoms with E-state index in [0.29, 0.717) is 10.3 Å². The van der Waals surface area contributed by atoms with Crippen molar-refractivity contribution in [2.75, 3.05) is 0 Å². The highest BCUT2D eigenvalue weighted by Gasteiger charge is 2.23. The maximum absolute atomic E-state index is 6.00. The molecule has 1 aromatic heterocycles. The van der Waals surface area contributed by atoms with E-state index in [1.54, 1.807) is 0 Å². The van der Waals surface area contributed by atoms with Gasteiger partial charge in [-0.05, 0) is 25.2 Å². The molecule has 0 bridgehead atoms. The van der Waals surface area contributed by atoms with Gasteiger partial charge in [-0.3, -0.25) is 0 Å². The summed E-state index contributed by atoms with van der Waals surface area (Å²) in [5.41, 5.74) is 0.855. The van der Waals surface area contributed by atoms with E-state index in [2.05, 4.69) is 9.97 Å². The van der Waals surface area contributed by atoms with Crippen LogP contribution in [0.3, 0.4) is 0 Å². The molecule has 4 heteroatoms. The number of aromatic nitrogens is 2. The summed E-state index contributed by atoms with van der Waals surface area (Å²) in [4.78, 5) is 8.51. The molecule has 2 nitrogen and oxygen atoms in total. The predicted octanol–water partition coefficient (Wildman–Crippen LogP) is 3.30. The number of hydrogen-bond acceptors (Lipinski definition) is 2. The lowest BCUT2D eigenvalue weighted by atomic mass is 10.2. The van der Waals surface area contributed by atoms with Crippen LogP contribution in [0.4, 0.5) is 0 Å². The van der Waals surface area contributed by atoms with Crippen LogP contribution >= 0.6 is 23.2 Å². The normalized spacial score (nSPS) is 15.9. The van der Waals surface area contributed by atoms with Gasteiger partial charge in [0, 0.05) is 12.0 Å². The topological polar surface area (TPSA) is 25.8 Å². The molecule has 1 heterocycles. The molecule has 1 aromatic rings. The molecule has 0 N–H and O–H groups in total. The molecular formula is C10H12Cl2N2. The molecule has 2 rings (SSSR count). The van der Waals surface area contributed by atoms with Gasteiger partial charge in [0.05, 0.1) is 0 Å². The van der Waals surface area contributed by atoms with Crippen molar-refractivity contribution in [3.05, 3.63) is 21.7 Å². The average molecular weight is 231 g/mol. The number of halogens is 2. The highest BCUT2D eigenvalue weighted by molar-refractivity contribution is 6.34. The second kappa shape index (κ2) is 4.03. The molecule has 1 saturated carbocycles. The first-order chi connectivity index (χ1) is 6.70. The second-order valence-electron chi connectivity index (χ2n) is 3.70. The molecular weight excluding hydrogens is 219 g/mol. The van der Waals surface area contributed by atoms with E-state index in [1.807, 2.05) is 6.92 Å². The minimum Gasteiger partial charge on any atom is -0.221 e. The molecule has 1 aliphatic carbocycles. The SMILES string of the molecule is CCc1c(Cl)nc(CC2CC2)nc1Cl. The first kappa shape index (κ1) is 10.2. The Hall–Kier alpha value is -0.340. The summed E-state index contributed by atoms with van der Waals surface area (Å²) in [5.74, 6) is 1.55. The molecule has 0 unspecified atom stereocenters. The van der Waals surface area contributed by atoms with Gasteiger partial charge in [0.1, 0.15) is 16.1 Å². The van der Waals surface area contributed by atoms with E-state index in [1.165, 1.54) is 12.8 Å².